The Morgan fingerprint density at radius 1 is 1.13 bits per heavy atom. The van der Waals surface area contributed by atoms with Gasteiger partial charge in [0.15, 0.2) is 6.79 Å². The highest BCUT2D eigenvalue weighted by Gasteiger charge is 2.17. The summed E-state index contributed by atoms with van der Waals surface area (Å²) in [7, 11) is 1.46. The number of halogens is 2. The Kier molecular flexibility index (Phi) is 6.90. The van der Waals surface area contributed by atoms with Gasteiger partial charge in [-0.25, -0.2) is 13.6 Å². The van der Waals surface area contributed by atoms with Crippen LogP contribution in [0.25, 0.3) is 16.8 Å². The van der Waals surface area contributed by atoms with Crippen molar-refractivity contribution in [2.45, 2.75) is 6.92 Å². The first-order valence-electron chi connectivity index (χ1n) is 9.30. The molecule has 0 aliphatic heterocycles. The van der Waals surface area contributed by atoms with Crippen LogP contribution in [0.4, 0.5) is 8.78 Å². The average molecular weight is 426 g/mol. The number of methoxy groups -OCH3 is 1. The predicted octanol–water partition coefficient (Wildman–Crippen LogP) is 3.85. The summed E-state index contributed by atoms with van der Waals surface area (Å²) in [6, 6.07) is 10.5. The number of aromatic nitrogens is 1. The van der Waals surface area contributed by atoms with Crippen LogP contribution in [0.3, 0.4) is 0 Å². The van der Waals surface area contributed by atoms with E-state index in [1.54, 1.807) is 42.1 Å². The molecule has 0 fully saturated rings. The molecule has 0 aliphatic carbocycles. The van der Waals surface area contributed by atoms with E-state index in [0.717, 1.165) is 6.07 Å². The molecule has 0 atom stereocenters. The van der Waals surface area contributed by atoms with Gasteiger partial charge < -0.3 is 24.5 Å². The van der Waals surface area contributed by atoms with Crippen molar-refractivity contribution in [2.24, 2.45) is 5.73 Å². The highest BCUT2D eigenvalue weighted by molar-refractivity contribution is 5.93. The number of hydrogen-bond donors (Lipinski definition) is 1. The molecular formula is C23H20F2N2O4. The third-order valence-electron chi connectivity index (χ3n) is 4.35. The lowest BCUT2D eigenvalue weighted by atomic mass is 10.0. The van der Waals surface area contributed by atoms with E-state index in [-0.39, 0.29) is 30.3 Å². The summed E-state index contributed by atoms with van der Waals surface area (Å²) in [4.78, 5) is 12.2. The van der Waals surface area contributed by atoms with Crippen molar-refractivity contribution in [2.75, 3.05) is 20.5 Å². The second kappa shape index (κ2) is 9.78. The topological polar surface area (TPSA) is 75.7 Å². The van der Waals surface area contributed by atoms with E-state index in [2.05, 4.69) is 12.0 Å². The van der Waals surface area contributed by atoms with Crippen LogP contribution in [0.1, 0.15) is 22.8 Å². The number of nitrogens with two attached hydrogens (primary N) is 1. The van der Waals surface area contributed by atoms with Gasteiger partial charge >= 0.3 is 5.97 Å². The normalized spacial score (nSPS) is 10.3. The van der Waals surface area contributed by atoms with E-state index in [1.807, 2.05) is 0 Å². The quantitative estimate of drug-likeness (QED) is 0.269. The van der Waals surface area contributed by atoms with Gasteiger partial charge in [0.25, 0.3) is 0 Å². The highest BCUT2D eigenvalue weighted by atomic mass is 19.1. The maximum absolute atomic E-state index is 14.4. The van der Waals surface area contributed by atoms with Crippen LogP contribution in [0.5, 0.6) is 5.75 Å². The fourth-order valence-electron chi connectivity index (χ4n) is 2.99. The number of rotatable bonds is 7. The van der Waals surface area contributed by atoms with E-state index in [4.69, 9.17) is 19.9 Å². The predicted molar refractivity (Wildman–Crippen MR) is 111 cm³/mol. The lowest BCUT2D eigenvalue weighted by Gasteiger charge is -2.12. The average Bonchev–Trinajstić information content (AvgIpc) is 3.16. The molecule has 31 heavy (non-hydrogen) atoms. The monoisotopic (exact) mass is 426 g/mol. The van der Waals surface area contributed by atoms with Gasteiger partial charge in [0, 0.05) is 54.5 Å². The molecule has 0 spiro atoms. The van der Waals surface area contributed by atoms with Crippen LogP contribution >= 0.6 is 0 Å². The summed E-state index contributed by atoms with van der Waals surface area (Å²) in [5, 5.41) is 0. The Balaban J connectivity index is 2.09. The van der Waals surface area contributed by atoms with Gasteiger partial charge in [-0.2, -0.15) is 0 Å². The lowest BCUT2D eigenvalue weighted by Crippen LogP contribution is -2.10. The zero-order valence-corrected chi connectivity index (χ0v) is 16.9. The molecular weight excluding hydrogens is 406 g/mol. The molecule has 0 saturated carbocycles. The summed E-state index contributed by atoms with van der Waals surface area (Å²) in [6.07, 6.45) is 3.28. The summed E-state index contributed by atoms with van der Waals surface area (Å²) < 4.78 is 44.9. The molecule has 1 aromatic heterocycles. The number of hydrogen-bond acceptors (Lipinski definition) is 5. The number of esters is 1. The van der Waals surface area contributed by atoms with Crippen LogP contribution in [0.2, 0.25) is 0 Å². The van der Waals surface area contributed by atoms with Gasteiger partial charge in [-0.3, -0.25) is 0 Å². The summed E-state index contributed by atoms with van der Waals surface area (Å²) in [5.74, 6) is 1.05. The molecule has 0 unspecified atom stereocenters. The standard InChI is InChI=1S/C23H20F2N2O4/c1-3-30-23(28)19-7-5-17(11-22(19)31-14-29-2)27-12-15(8-9-26)20(13-27)18-6-4-16(24)10-21(18)25/h4-7,10-13H,3,14,26H2,1-2H3. The largest absolute Gasteiger partial charge is 0.467 e. The molecule has 8 heteroatoms. The maximum atomic E-state index is 14.4. The minimum Gasteiger partial charge on any atom is -0.467 e. The van der Waals surface area contributed by atoms with Crippen molar-refractivity contribution in [3.05, 3.63) is 71.6 Å². The van der Waals surface area contributed by atoms with Gasteiger partial charge in [-0.1, -0.05) is 0 Å². The first-order chi connectivity index (χ1) is 15.0. The van der Waals surface area contributed by atoms with Crippen LogP contribution in [0.15, 0.2) is 48.8 Å². The van der Waals surface area contributed by atoms with Crippen molar-refractivity contribution in [1.82, 2.24) is 4.57 Å². The minimum atomic E-state index is -0.723. The summed E-state index contributed by atoms with van der Waals surface area (Å²) >= 11 is 0. The zero-order chi connectivity index (χ0) is 22.4. The molecule has 2 N–H and O–H groups in total. The maximum Gasteiger partial charge on any atom is 0.341 e. The van der Waals surface area contributed by atoms with E-state index in [9.17, 15) is 13.6 Å². The van der Waals surface area contributed by atoms with Crippen LogP contribution in [-0.4, -0.2) is 31.0 Å². The summed E-state index contributed by atoms with van der Waals surface area (Å²) in [5.41, 5.74) is 7.27. The Hall–Kier alpha value is -3.83. The molecule has 6 nitrogen and oxygen atoms in total. The van der Waals surface area contributed by atoms with Crippen molar-refractivity contribution in [3.63, 3.8) is 0 Å². The summed E-state index contributed by atoms with van der Waals surface area (Å²) in [6.45, 7) is 1.85. The number of ether oxygens (including phenoxy) is 3. The van der Waals surface area contributed by atoms with Gasteiger partial charge in [-0.15, -0.1) is 0 Å². The van der Waals surface area contributed by atoms with Crippen molar-refractivity contribution < 1.29 is 27.8 Å². The van der Waals surface area contributed by atoms with E-state index >= 15 is 0 Å². The van der Waals surface area contributed by atoms with Gasteiger partial charge in [0.1, 0.15) is 22.9 Å². The number of nitrogens with zero attached hydrogens (tertiary/aromatic N) is 1. The second-order valence-electron chi connectivity index (χ2n) is 6.34. The van der Waals surface area contributed by atoms with E-state index < -0.39 is 17.6 Å². The zero-order valence-electron chi connectivity index (χ0n) is 16.9. The van der Waals surface area contributed by atoms with Gasteiger partial charge in [-0.05, 0) is 37.1 Å². The first kappa shape index (κ1) is 21.9. The molecule has 3 rings (SSSR count). The van der Waals surface area contributed by atoms with E-state index in [1.165, 1.54) is 19.2 Å². The third-order valence-corrected chi connectivity index (χ3v) is 4.35. The van der Waals surface area contributed by atoms with Crippen molar-refractivity contribution in [3.8, 4) is 34.5 Å². The Labute approximate surface area is 178 Å². The molecule has 0 aliphatic rings. The second-order valence-corrected chi connectivity index (χ2v) is 6.34. The fraction of sp³-hybridized carbons (Fsp3) is 0.174. The van der Waals surface area contributed by atoms with Crippen LogP contribution in [-0.2, 0) is 9.47 Å². The number of carbonyl (C=O) groups is 1. The molecule has 0 radical (unpaired) electrons. The SMILES string of the molecule is CCOC(=O)c1ccc(-n2cc(C#CN)c(-c3ccc(F)cc3F)c2)cc1OCOC. The Morgan fingerprint density at radius 2 is 1.94 bits per heavy atom. The van der Waals surface area contributed by atoms with E-state index in [0.29, 0.717) is 16.8 Å². The van der Waals surface area contributed by atoms with Crippen molar-refractivity contribution in [1.29, 1.82) is 0 Å². The van der Waals surface area contributed by atoms with Crippen LogP contribution < -0.4 is 10.5 Å². The number of carbonyl (C=O) groups excluding carboxylic acids is 1. The minimum absolute atomic E-state index is 0.0719. The highest BCUT2D eigenvalue weighted by Crippen LogP contribution is 2.31. The Morgan fingerprint density at radius 3 is 2.61 bits per heavy atom. The molecule has 1 heterocycles. The van der Waals surface area contributed by atoms with Crippen molar-refractivity contribution >= 4 is 5.97 Å². The molecule has 160 valence electrons. The fourth-order valence-corrected chi connectivity index (χ4v) is 2.99. The lowest BCUT2D eigenvalue weighted by molar-refractivity contribution is 0.0438. The molecule has 0 saturated heterocycles. The molecule has 2 aromatic carbocycles. The number of benzene rings is 2. The Bertz CT molecular complexity index is 1160. The van der Waals surface area contributed by atoms with Gasteiger partial charge in [0.2, 0.25) is 0 Å². The third kappa shape index (κ3) is 4.85. The smallest absolute Gasteiger partial charge is 0.341 e. The van der Waals surface area contributed by atoms with Crippen LogP contribution in [0, 0.1) is 23.6 Å². The molecule has 0 bridgehead atoms. The molecule has 0 amide bonds. The molecule has 3 aromatic rings. The first-order valence-corrected chi connectivity index (χ1v) is 9.30. The van der Waals surface area contributed by atoms with Gasteiger partial charge in [0.05, 0.1) is 12.2 Å².